The molecule has 2 aromatic rings. The van der Waals surface area contributed by atoms with Crippen molar-refractivity contribution in [3.63, 3.8) is 0 Å². The highest BCUT2D eigenvalue weighted by Crippen LogP contribution is 2.32. The number of halogens is 3. The Morgan fingerprint density at radius 2 is 2.00 bits per heavy atom. The third kappa shape index (κ3) is 3.35. The maximum absolute atomic E-state index is 13.4. The molecule has 2 N–H and O–H groups in total. The number of hydrogen-bond acceptors (Lipinski definition) is 3. The van der Waals surface area contributed by atoms with E-state index >= 15 is 0 Å². The zero-order chi connectivity index (χ0) is 14.7. The van der Waals surface area contributed by atoms with Gasteiger partial charge in [-0.25, -0.2) is 4.39 Å². The number of anilines is 1. The first-order valence-electron chi connectivity index (χ1n) is 5.71. The van der Waals surface area contributed by atoms with E-state index in [4.69, 9.17) is 26.8 Å². The van der Waals surface area contributed by atoms with Crippen molar-refractivity contribution >= 4 is 33.2 Å². The van der Waals surface area contributed by atoms with Gasteiger partial charge in [-0.05, 0) is 40.2 Å². The van der Waals surface area contributed by atoms with Gasteiger partial charge in [-0.3, -0.25) is 0 Å². The van der Waals surface area contributed by atoms with Gasteiger partial charge in [0.1, 0.15) is 23.9 Å². The Morgan fingerprint density at radius 3 is 2.70 bits per heavy atom. The molecule has 106 valence electrons. The fraction of sp³-hybridized carbons (Fsp3) is 0.143. The number of rotatable bonds is 4. The van der Waals surface area contributed by atoms with Gasteiger partial charge >= 0.3 is 0 Å². The van der Waals surface area contributed by atoms with Crippen molar-refractivity contribution in [3.8, 4) is 11.5 Å². The standard InChI is InChI=1S/C14H12BrClFNO2/c1-19-13-3-2-9(18)4-8(13)7-20-14-6-12(17)11(16)5-10(14)15/h2-6H,7,18H2,1H3. The lowest BCUT2D eigenvalue weighted by atomic mass is 10.2. The van der Waals surface area contributed by atoms with Gasteiger partial charge in [-0.1, -0.05) is 11.6 Å². The molecular weight excluding hydrogens is 349 g/mol. The van der Waals surface area contributed by atoms with Crippen LogP contribution in [0, 0.1) is 5.82 Å². The predicted octanol–water partition coefficient (Wildman–Crippen LogP) is 4.41. The second-order valence-corrected chi connectivity index (χ2v) is 5.32. The first kappa shape index (κ1) is 14.9. The third-order valence-electron chi connectivity index (χ3n) is 2.66. The van der Waals surface area contributed by atoms with E-state index in [9.17, 15) is 4.39 Å². The molecule has 0 fully saturated rings. The van der Waals surface area contributed by atoms with Gasteiger partial charge < -0.3 is 15.2 Å². The van der Waals surface area contributed by atoms with E-state index in [0.717, 1.165) is 5.56 Å². The topological polar surface area (TPSA) is 44.5 Å². The summed E-state index contributed by atoms with van der Waals surface area (Å²) in [5, 5.41) is 0.0331. The van der Waals surface area contributed by atoms with Crippen LogP contribution in [0.3, 0.4) is 0 Å². The number of benzene rings is 2. The first-order valence-corrected chi connectivity index (χ1v) is 6.88. The zero-order valence-corrected chi connectivity index (χ0v) is 13.0. The summed E-state index contributed by atoms with van der Waals surface area (Å²) in [6.45, 7) is 0.202. The molecule has 0 atom stereocenters. The van der Waals surface area contributed by atoms with Crippen molar-refractivity contribution in [1.29, 1.82) is 0 Å². The van der Waals surface area contributed by atoms with Gasteiger partial charge in [0.15, 0.2) is 0 Å². The van der Waals surface area contributed by atoms with Crippen molar-refractivity contribution < 1.29 is 13.9 Å². The lowest BCUT2D eigenvalue weighted by Crippen LogP contribution is -2.01. The average Bonchev–Trinajstić information content (AvgIpc) is 2.41. The summed E-state index contributed by atoms with van der Waals surface area (Å²) in [5.74, 6) is 0.477. The largest absolute Gasteiger partial charge is 0.496 e. The molecule has 3 nitrogen and oxygen atoms in total. The molecule has 2 aromatic carbocycles. The van der Waals surface area contributed by atoms with Crippen molar-refractivity contribution in [3.05, 3.63) is 51.2 Å². The Balaban J connectivity index is 2.21. The van der Waals surface area contributed by atoms with Crippen LogP contribution in [0.15, 0.2) is 34.8 Å². The van der Waals surface area contributed by atoms with Crippen molar-refractivity contribution in [2.24, 2.45) is 0 Å². The highest BCUT2D eigenvalue weighted by Gasteiger charge is 2.10. The molecular formula is C14H12BrClFNO2. The van der Waals surface area contributed by atoms with Gasteiger partial charge in [0.25, 0.3) is 0 Å². The zero-order valence-electron chi connectivity index (χ0n) is 10.6. The van der Waals surface area contributed by atoms with E-state index in [1.807, 2.05) is 0 Å². The molecule has 0 saturated carbocycles. The number of methoxy groups -OCH3 is 1. The van der Waals surface area contributed by atoms with Crippen LogP contribution in [0.5, 0.6) is 11.5 Å². The molecule has 20 heavy (non-hydrogen) atoms. The fourth-order valence-electron chi connectivity index (χ4n) is 1.68. The molecule has 0 saturated heterocycles. The third-order valence-corrected chi connectivity index (χ3v) is 3.57. The van der Waals surface area contributed by atoms with Gasteiger partial charge in [0, 0.05) is 17.3 Å². The summed E-state index contributed by atoms with van der Waals surface area (Å²) >= 11 is 8.95. The van der Waals surface area contributed by atoms with Crippen LogP contribution in [-0.2, 0) is 6.61 Å². The molecule has 0 aliphatic carbocycles. The van der Waals surface area contributed by atoms with Crippen LogP contribution in [0.4, 0.5) is 10.1 Å². The van der Waals surface area contributed by atoms with E-state index in [1.54, 1.807) is 25.3 Å². The predicted molar refractivity (Wildman–Crippen MR) is 80.8 cm³/mol. The average molecular weight is 361 g/mol. The fourth-order valence-corrected chi connectivity index (χ4v) is 2.44. The van der Waals surface area contributed by atoms with E-state index in [-0.39, 0.29) is 11.6 Å². The smallest absolute Gasteiger partial charge is 0.145 e. The Bertz CT molecular complexity index is 637. The second-order valence-electron chi connectivity index (χ2n) is 4.06. The van der Waals surface area contributed by atoms with Crippen molar-refractivity contribution in [2.45, 2.75) is 6.61 Å². The minimum absolute atomic E-state index is 0.0331. The summed E-state index contributed by atoms with van der Waals surface area (Å²) in [6, 6.07) is 7.92. The Labute approximate surface area is 129 Å². The summed E-state index contributed by atoms with van der Waals surface area (Å²) in [7, 11) is 1.56. The number of hydrogen-bond donors (Lipinski definition) is 1. The van der Waals surface area contributed by atoms with E-state index < -0.39 is 5.82 Å². The lowest BCUT2D eigenvalue weighted by molar-refractivity contribution is 0.293. The van der Waals surface area contributed by atoms with Gasteiger partial charge in [0.05, 0.1) is 16.6 Å². The van der Waals surface area contributed by atoms with E-state index in [0.29, 0.717) is 21.7 Å². The molecule has 0 aliphatic rings. The number of nitrogens with two attached hydrogens (primary N) is 1. The molecule has 6 heteroatoms. The van der Waals surface area contributed by atoms with Crippen molar-refractivity contribution in [2.75, 3.05) is 12.8 Å². The molecule has 0 amide bonds. The molecule has 0 unspecified atom stereocenters. The molecule has 2 rings (SSSR count). The second kappa shape index (κ2) is 6.33. The summed E-state index contributed by atoms with van der Waals surface area (Å²) in [6.07, 6.45) is 0. The highest BCUT2D eigenvalue weighted by molar-refractivity contribution is 9.10. The minimum atomic E-state index is -0.538. The van der Waals surface area contributed by atoms with Gasteiger partial charge in [0.2, 0.25) is 0 Å². The van der Waals surface area contributed by atoms with Crippen LogP contribution in [0.25, 0.3) is 0 Å². The molecule has 0 aromatic heterocycles. The first-order chi connectivity index (χ1) is 9.51. The van der Waals surface area contributed by atoms with E-state index in [2.05, 4.69) is 15.9 Å². The SMILES string of the molecule is COc1ccc(N)cc1COc1cc(F)c(Cl)cc1Br. The highest BCUT2D eigenvalue weighted by atomic mass is 79.9. The van der Waals surface area contributed by atoms with E-state index in [1.165, 1.54) is 12.1 Å². The molecule has 0 radical (unpaired) electrons. The molecule has 0 bridgehead atoms. The molecule has 0 heterocycles. The van der Waals surface area contributed by atoms with Crippen molar-refractivity contribution in [1.82, 2.24) is 0 Å². The van der Waals surface area contributed by atoms with Crippen LogP contribution in [0.1, 0.15) is 5.56 Å². The maximum atomic E-state index is 13.4. The lowest BCUT2D eigenvalue weighted by Gasteiger charge is -2.12. The minimum Gasteiger partial charge on any atom is -0.496 e. The summed E-state index contributed by atoms with van der Waals surface area (Å²) < 4.78 is 24.8. The molecule has 0 aliphatic heterocycles. The Hall–Kier alpha value is -1.46. The van der Waals surface area contributed by atoms with Crippen LogP contribution < -0.4 is 15.2 Å². The summed E-state index contributed by atoms with van der Waals surface area (Å²) in [4.78, 5) is 0. The van der Waals surface area contributed by atoms with Crippen LogP contribution >= 0.6 is 27.5 Å². The van der Waals surface area contributed by atoms with Crippen LogP contribution in [-0.4, -0.2) is 7.11 Å². The quantitative estimate of drug-likeness (QED) is 0.649. The van der Waals surface area contributed by atoms with Gasteiger partial charge in [-0.15, -0.1) is 0 Å². The monoisotopic (exact) mass is 359 g/mol. The number of nitrogen functional groups attached to an aromatic ring is 1. The summed E-state index contributed by atoms with van der Waals surface area (Å²) in [5.41, 5.74) is 7.10. The van der Waals surface area contributed by atoms with Crippen LogP contribution in [0.2, 0.25) is 5.02 Å². The normalized spacial score (nSPS) is 10.4. The Morgan fingerprint density at radius 1 is 1.25 bits per heavy atom. The molecule has 0 spiro atoms. The van der Waals surface area contributed by atoms with Gasteiger partial charge in [-0.2, -0.15) is 0 Å². The number of ether oxygens (including phenoxy) is 2. The maximum Gasteiger partial charge on any atom is 0.145 e. The Kier molecular flexibility index (Phi) is 4.73.